The Balaban J connectivity index is 1.53. The molecular weight excluding hydrogens is 361 g/mol. The van der Waals surface area contributed by atoms with E-state index in [1.807, 2.05) is 36.5 Å². The van der Waals surface area contributed by atoms with E-state index in [-0.39, 0.29) is 5.82 Å². The maximum absolute atomic E-state index is 13.2. The van der Waals surface area contributed by atoms with E-state index in [1.54, 1.807) is 6.07 Å². The fourth-order valence-corrected chi connectivity index (χ4v) is 3.30. The Morgan fingerprint density at radius 2 is 1.48 bits per heavy atom. The van der Waals surface area contributed by atoms with Crippen molar-refractivity contribution in [1.82, 2.24) is 0 Å². The van der Waals surface area contributed by atoms with Gasteiger partial charge in [0.25, 0.3) is 0 Å². The Hall–Kier alpha value is -2.16. The quantitative estimate of drug-likeness (QED) is 0.222. The third-order valence-electron chi connectivity index (χ3n) is 5.06. The van der Waals surface area contributed by atoms with Gasteiger partial charge >= 0.3 is 0 Å². The standard InChI is InChI=1S/C26H36FNO/c1-2-3-4-5-6-7-8-9-10-11-19-28-21-23-15-17-26(18-16-23)29-22-24-13-12-14-25(27)20-24/h12-18,20-21H,2-11,19,22H2,1H3. The summed E-state index contributed by atoms with van der Waals surface area (Å²) >= 11 is 0. The predicted octanol–water partition coefficient (Wildman–Crippen LogP) is 7.74. The van der Waals surface area contributed by atoms with Gasteiger partial charge in [-0.05, 0) is 53.9 Å². The van der Waals surface area contributed by atoms with Crippen LogP contribution in [-0.4, -0.2) is 12.8 Å². The minimum atomic E-state index is -0.236. The molecule has 0 bridgehead atoms. The average Bonchev–Trinajstić information content (AvgIpc) is 2.74. The van der Waals surface area contributed by atoms with Gasteiger partial charge < -0.3 is 4.74 Å². The van der Waals surface area contributed by atoms with E-state index in [0.717, 1.165) is 23.4 Å². The summed E-state index contributed by atoms with van der Waals surface area (Å²) in [5.41, 5.74) is 1.90. The number of hydrogen-bond donors (Lipinski definition) is 0. The van der Waals surface area contributed by atoms with Crippen LogP contribution in [0, 0.1) is 5.82 Å². The third kappa shape index (κ3) is 10.8. The van der Waals surface area contributed by atoms with Crippen molar-refractivity contribution in [2.24, 2.45) is 4.99 Å². The molecule has 0 aromatic heterocycles. The largest absolute Gasteiger partial charge is 0.489 e. The number of nitrogens with zero attached hydrogens (tertiary/aromatic N) is 1. The maximum atomic E-state index is 13.2. The highest BCUT2D eigenvalue weighted by molar-refractivity contribution is 5.79. The second kappa shape index (κ2) is 14.8. The molecule has 2 nitrogen and oxygen atoms in total. The van der Waals surface area contributed by atoms with E-state index in [0.29, 0.717) is 6.61 Å². The van der Waals surface area contributed by atoms with Gasteiger partial charge in [0.1, 0.15) is 18.2 Å². The first-order chi connectivity index (χ1) is 14.3. The number of ether oxygens (including phenoxy) is 1. The van der Waals surface area contributed by atoms with Gasteiger partial charge in [0.2, 0.25) is 0 Å². The lowest BCUT2D eigenvalue weighted by Crippen LogP contribution is -1.96. The molecule has 2 rings (SSSR count). The second-order valence-corrected chi connectivity index (χ2v) is 7.70. The fraction of sp³-hybridized carbons (Fsp3) is 0.500. The zero-order valence-corrected chi connectivity index (χ0v) is 17.9. The highest BCUT2D eigenvalue weighted by Crippen LogP contribution is 2.14. The minimum Gasteiger partial charge on any atom is -0.489 e. The molecule has 2 aromatic carbocycles. The maximum Gasteiger partial charge on any atom is 0.123 e. The summed E-state index contributed by atoms with van der Waals surface area (Å²) < 4.78 is 18.9. The summed E-state index contributed by atoms with van der Waals surface area (Å²) in [6.45, 7) is 3.53. The normalized spacial score (nSPS) is 11.2. The molecule has 0 N–H and O–H groups in total. The van der Waals surface area contributed by atoms with Crippen LogP contribution in [0.1, 0.15) is 82.3 Å². The number of aliphatic imine (C=N–C) groups is 1. The SMILES string of the molecule is CCCCCCCCCCCCN=Cc1ccc(OCc2cccc(F)c2)cc1. The molecular formula is C26H36FNO. The van der Waals surface area contributed by atoms with Gasteiger partial charge in [-0.2, -0.15) is 0 Å². The van der Waals surface area contributed by atoms with Crippen LogP contribution in [0.3, 0.4) is 0 Å². The second-order valence-electron chi connectivity index (χ2n) is 7.70. The van der Waals surface area contributed by atoms with Crippen molar-refractivity contribution >= 4 is 6.21 Å². The number of halogens is 1. The Labute approximate surface area is 176 Å². The van der Waals surface area contributed by atoms with Crippen LogP contribution in [-0.2, 0) is 6.61 Å². The van der Waals surface area contributed by atoms with Crippen molar-refractivity contribution in [3.63, 3.8) is 0 Å². The van der Waals surface area contributed by atoms with Crippen LogP contribution in [0.4, 0.5) is 4.39 Å². The van der Waals surface area contributed by atoms with E-state index >= 15 is 0 Å². The van der Waals surface area contributed by atoms with Crippen molar-refractivity contribution < 1.29 is 9.13 Å². The van der Waals surface area contributed by atoms with E-state index in [4.69, 9.17) is 4.74 Å². The topological polar surface area (TPSA) is 21.6 Å². The van der Waals surface area contributed by atoms with Gasteiger partial charge in [0, 0.05) is 12.8 Å². The molecule has 0 unspecified atom stereocenters. The lowest BCUT2D eigenvalue weighted by molar-refractivity contribution is 0.305. The van der Waals surface area contributed by atoms with E-state index in [9.17, 15) is 4.39 Å². The first kappa shape index (κ1) is 23.1. The molecule has 0 radical (unpaired) electrons. The summed E-state index contributed by atoms with van der Waals surface area (Å²) in [7, 11) is 0. The van der Waals surface area contributed by atoms with E-state index in [2.05, 4.69) is 11.9 Å². The van der Waals surface area contributed by atoms with Crippen LogP contribution in [0.5, 0.6) is 5.75 Å². The Kier molecular flexibility index (Phi) is 11.8. The molecule has 0 saturated carbocycles. The Morgan fingerprint density at radius 3 is 2.14 bits per heavy atom. The van der Waals surface area contributed by atoms with Crippen LogP contribution in [0.15, 0.2) is 53.5 Å². The Morgan fingerprint density at radius 1 is 0.828 bits per heavy atom. The van der Waals surface area contributed by atoms with E-state index < -0.39 is 0 Å². The number of rotatable bonds is 15. The van der Waals surface area contributed by atoms with Crippen molar-refractivity contribution in [2.75, 3.05) is 6.54 Å². The number of unbranched alkanes of at least 4 members (excludes halogenated alkanes) is 9. The number of benzene rings is 2. The molecule has 29 heavy (non-hydrogen) atoms. The fourth-order valence-electron chi connectivity index (χ4n) is 3.30. The zero-order chi connectivity index (χ0) is 20.6. The molecule has 0 atom stereocenters. The van der Waals surface area contributed by atoms with Crippen molar-refractivity contribution in [1.29, 1.82) is 0 Å². The van der Waals surface area contributed by atoms with Crippen LogP contribution in [0.2, 0.25) is 0 Å². The van der Waals surface area contributed by atoms with Crippen LogP contribution >= 0.6 is 0 Å². The molecule has 0 amide bonds. The lowest BCUT2D eigenvalue weighted by atomic mass is 10.1. The van der Waals surface area contributed by atoms with Gasteiger partial charge in [0.05, 0.1) is 0 Å². The van der Waals surface area contributed by atoms with Gasteiger partial charge in [0.15, 0.2) is 0 Å². The Bertz CT molecular complexity index is 696. The lowest BCUT2D eigenvalue weighted by Gasteiger charge is -2.06. The molecule has 0 aliphatic carbocycles. The monoisotopic (exact) mass is 397 g/mol. The summed E-state index contributed by atoms with van der Waals surface area (Å²) in [5.74, 6) is 0.543. The van der Waals surface area contributed by atoms with Crippen molar-refractivity contribution in [3.05, 3.63) is 65.5 Å². The molecule has 2 aromatic rings. The molecule has 0 spiro atoms. The summed E-state index contributed by atoms with van der Waals surface area (Å²) in [6, 6.07) is 14.4. The van der Waals surface area contributed by atoms with Crippen LogP contribution in [0.25, 0.3) is 0 Å². The first-order valence-corrected chi connectivity index (χ1v) is 11.2. The third-order valence-corrected chi connectivity index (χ3v) is 5.06. The summed E-state index contributed by atoms with van der Waals surface area (Å²) in [4.78, 5) is 4.53. The molecule has 0 aliphatic heterocycles. The predicted molar refractivity (Wildman–Crippen MR) is 121 cm³/mol. The zero-order valence-electron chi connectivity index (χ0n) is 17.9. The molecule has 0 heterocycles. The molecule has 3 heteroatoms. The van der Waals surface area contributed by atoms with Crippen LogP contribution < -0.4 is 4.74 Å². The van der Waals surface area contributed by atoms with Crippen molar-refractivity contribution in [3.8, 4) is 5.75 Å². The smallest absolute Gasteiger partial charge is 0.123 e. The van der Waals surface area contributed by atoms with Gasteiger partial charge in [-0.15, -0.1) is 0 Å². The average molecular weight is 398 g/mol. The molecule has 0 saturated heterocycles. The molecule has 0 aliphatic rings. The summed E-state index contributed by atoms with van der Waals surface area (Å²) in [6.07, 6.45) is 15.4. The van der Waals surface area contributed by atoms with Crippen molar-refractivity contribution in [2.45, 2.75) is 77.7 Å². The molecule has 0 fully saturated rings. The summed E-state index contributed by atoms with van der Waals surface area (Å²) in [5, 5.41) is 0. The van der Waals surface area contributed by atoms with Gasteiger partial charge in [-0.1, -0.05) is 76.8 Å². The molecule has 158 valence electrons. The van der Waals surface area contributed by atoms with Gasteiger partial charge in [-0.25, -0.2) is 4.39 Å². The van der Waals surface area contributed by atoms with E-state index in [1.165, 1.54) is 76.3 Å². The first-order valence-electron chi connectivity index (χ1n) is 11.2. The minimum absolute atomic E-state index is 0.236. The highest BCUT2D eigenvalue weighted by Gasteiger charge is 1.98. The number of hydrogen-bond acceptors (Lipinski definition) is 2. The van der Waals surface area contributed by atoms with Gasteiger partial charge in [-0.3, -0.25) is 4.99 Å². The highest BCUT2D eigenvalue weighted by atomic mass is 19.1.